The molecule has 4 rings (SSSR count). The maximum atomic E-state index is 12.5. The molecule has 8 heteroatoms. The maximum absolute atomic E-state index is 12.5. The van der Waals surface area contributed by atoms with Crippen LogP contribution in [-0.4, -0.2) is 24.4 Å². The molecule has 0 aromatic heterocycles. The zero-order valence-corrected chi connectivity index (χ0v) is 21.7. The number of carbonyl (C=O) groups excluding carboxylic acids is 2. The average molecular weight is 549 g/mol. The third-order valence-corrected chi connectivity index (χ3v) is 5.80. The number of halogens is 1. The minimum Gasteiger partial charge on any atom is -0.490 e. The second kappa shape index (κ2) is 11.2. The molecule has 1 N–H and O–H groups in total. The predicted molar refractivity (Wildman–Crippen MR) is 142 cm³/mol. The Morgan fingerprint density at radius 3 is 2.47 bits per heavy atom. The van der Waals surface area contributed by atoms with Crippen molar-refractivity contribution in [3.8, 4) is 11.5 Å². The molecule has 0 unspecified atom stereocenters. The Morgan fingerprint density at radius 1 is 1.08 bits per heavy atom. The molecule has 0 spiro atoms. The summed E-state index contributed by atoms with van der Waals surface area (Å²) >= 11 is 3.57. The van der Waals surface area contributed by atoms with Crippen molar-refractivity contribution in [2.75, 3.05) is 11.9 Å². The maximum Gasteiger partial charge on any atom is 0.363 e. The largest absolute Gasteiger partial charge is 0.490 e. The van der Waals surface area contributed by atoms with Crippen molar-refractivity contribution >= 4 is 45.5 Å². The third-order valence-electron chi connectivity index (χ3n) is 5.21. The van der Waals surface area contributed by atoms with Crippen molar-refractivity contribution in [3.63, 3.8) is 0 Å². The van der Waals surface area contributed by atoms with E-state index in [1.54, 1.807) is 36.4 Å². The van der Waals surface area contributed by atoms with Crippen molar-refractivity contribution < 1.29 is 23.8 Å². The van der Waals surface area contributed by atoms with Gasteiger partial charge in [-0.25, -0.2) is 9.79 Å². The topological polar surface area (TPSA) is 86.2 Å². The van der Waals surface area contributed by atoms with Crippen molar-refractivity contribution in [1.29, 1.82) is 0 Å². The molecule has 0 fully saturated rings. The Balaban J connectivity index is 1.56. The summed E-state index contributed by atoms with van der Waals surface area (Å²) in [7, 11) is 0. The fourth-order valence-corrected chi connectivity index (χ4v) is 4.08. The van der Waals surface area contributed by atoms with Crippen LogP contribution in [0.15, 0.2) is 75.8 Å². The molecular weight excluding hydrogens is 524 g/mol. The Hall–Kier alpha value is -3.91. The zero-order valence-electron chi connectivity index (χ0n) is 20.1. The number of hydrogen-bond donors (Lipinski definition) is 1. The number of nitrogens with one attached hydrogen (secondary N) is 1. The fraction of sp³-hybridized carbons (Fsp3) is 0.179. The first kappa shape index (κ1) is 25.2. The first-order valence-electron chi connectivity index (χ1n) is 11.4. The molecule has 1 amide bonds. The standard InChI is InChI=1S/C28H25BrN2O5/c1-4-34-25-15-20(13-23(29)26(25)35-16-19-7-5-17(2)6-8-19)14-24-28(33)36-27(31-24)21-9-11-22(12-10-21)30-18(3)32/h5-15H,4,16H2,1-3H3,(H,30,32)/b24-14-. The lowest BCUT2D eigenvalue weighted by Crippen LogP contribution is -2.07. The molecule has 0 saturated carbocycles. The molecular formula is C28H25BrN2O5. The van der Waals surface area contributed by atoms with Gasteiger partial charge in [-0.05, 0) is 83.4 Å². The second-order valence-electron chi connectivity index (χ2n) is 8.13. The van der Waals surface area contributed by atoms with Gasteiger partial charge in [-0.15, -0.1) is 0 Å². The minimum absolute atomic E-state index is 0.165. The molecule has 0 atom stereocenters. The molecule has 184 valence electrons. The number of ether oxygens (including phenoxy) is 3. The molecule has 0 radical (unpaired) electrons. The molecule has 1 aliphatic rings. The lowest BCUT2D eigenvalue weighted by atomic mass is 10.1. The molecule has 1 heterocycles. The molecule has 7 nitrogen and oxygen atoms in total. The summed E-state index contributed by atoms with van der Waals surface area (Å²) in [6.07, 6.45) is 1.64. The fourth-order valence-electron chi connectivity index (χ4n) is 3.50. The van der Waals surface area contributed by atoms with Gasteiger partial charge in [0, 0.05) is 18.2 Å². The molecule has 0 aliphatic carbocycles. The monoisotopic (exact) mass is 548 g/mol. The van der Waals surface area contributed by atoms with Crippen LogP contribution in [0.3, 0.4) is 0 Å². The highest BCUT2D eigenvalue weighted by atomic mass is 79.9. The summed E-state index contributed by atoms with van der Waals surface area (Å²) in [6, 6.07) is 18.7. The van der Waals surface area contributed by atoms with E-state index in [2.05, 4.69) is 26.2 Å². The Bertz CT molecular complexity index is 1350. The van der Waals surface area contributed by atoms with Crippen LogP contribution in [0.4, 0.5) is 5.69 Å². The van der Waals surface area contributed by atoms with Crippen LogP contribution in [0.2, 0.25) is 0 Å². The molecule has 0 bridgehead atoms. The lowest BCUT2D eigenvalue weighted by molar-refractivity contribution is -0.129. The van der Waals surface area contributed by atoms with Crippen LogP contribution in [0.1, 0.15) is 36.1 Å². The summed E-state index contributed by atoms with van der Waals surface area (Å²) in [5.74, 6) is 0.612. The predicted octanol–water partition coefficient (Wildman–Crippen LogP) is 6.04. The summed E-state index contributed by atoms with van der Waals surface area (Å²) in [5, 5.41) is 2.69. The van der Waals surface area contributed by atoms with Gasteiger partial charge in [-0.1, -0.05) is 29.8 Å². The minimum atomic E-state index is -0.551. The van der Waals surface area contributed by atoms with Gasteiger partial charge >= 0.3 is 5.97 Å². The van der Waals surface area contributed by atoms with E-state index in [0.717, 1.165) is 5.56 Å². The first-order chi connectivity index (χ1) is 17.3. The van der Waals surface area contributed by atoms with Gasteiger partial charge in [0.05, 0.1) is 11.1 Å². The summed E-state index contributed by atoms with van der Waals surface area (Å²) in [4.78, 5) is 28.1. The van der Waals surface area contributed by atoms with E-state index in [1.165, 1.54) is 12.5 Å². The number of anilines is 1. The van der Waals surface area contributed by atoms with E-state index >= 15 is 0 Å². The molecule has 1 aliphatic heterocycles. The van der Waals surface area contributed by atoms with Gasteiger partial charge in [0.15, 0.2) is 17.2 Å². The van der Waals surface area contributed by atoms with Gasteiger partial charge < -0.3 is 19.5 Å². The summed E-state index contributed by atoms with van der Waals surface area (Å²) in [6.45, 7) is 6.21. The van der Waals surface area contributed by atoms with Crippen LogP contribution in [0, 0.1) is 6.92 Å². The third kappa shape index (κ3) is 6.20. The number of rotatable bonds is 8. The quantitative estimate of drug-likeness (QED) is 0.274. The number of aliphatic imine (C=N–C) groups is 1. The van der Waals surface area contributed by atoms with Crippen LogP contribution in [0.25, 0.3) is 6.08 Å². The van der Waals surface area contributed by atoms with Crippen LogP contribution < -0.4 is 14.8 Å². The number of nitrogens with zero attached hydrogens (tertiary/aromatic N) is 1. The highest BCUT2D eigenvalue weighted by Crippen LogP contribution is 2.38. The highest BCUT2D eigenvalue weighted by molar-refractivity contribution is 9.10. The van der Waals surface area contributed by atoms with E-state index in [-0.39, 0.29) is 17.5 Å². The number of esters is 1. The van der Waals surface area contributed by atoms with Crippen molar-refractivity contribution in [2.24, 2.45) is 4.99 Å². The Morgan fingerprint density at radius 2 is 1.81 bits per heavy atom. The molecule has 3 aromatic rings. The van der Waals surface area contributed by atoms with Crippen LogP contribution in [0.5, 0.6) is 11.5 Å². The number of aryl methyl sites for hydroxylation is 1. The number of hydrogen-bond acceptors (Lipinski definition) is 6. The van der Waals surface area contributed by atoms with E-state index in [1.807, 2.05) is 44.2 Å². The summed E-state index contributed by atoms with van der Waals surface area (Å²) in [5.41, 5.74) is 4.36. The average Bonchev–Trinajstić information content (AvgIpc) is 3.20. The lowest BCUT2D eigenvalue weighted by Gasteiger charge is -2.15. The normalized spacial score (nSPS) is 13.8. The number of cyclic esters (lactones) is 1. The number of carbonyl (C=O) groups is 2. The van der Waals surface area contributed by atoms with Gasteiger partial charge in [-0.3, -0.25) is 4.79 Å². The van der Waals surface area contributed by atoms with E-state index in [9.17, 15) is 9.59 Å². The summed E-state index contributed by atoms with van der Waals surface area (Å²) < 4.78 is 17.9. The second-order valence-corrected chi connectivity index (χ2v) is 8.99. The van der Waals surface area contributed by atoms with Gasteiger partial charge in [0.25, 0.3) is 0 Å². The van der Waals surface area contributed by atoms with Crippen molar-refractivity contribution in [3.05, 3.63) is 93.1 Å². The highest BCUT2D eigenvalue weighted by Gasteiger charge is 2.24. The van der Waals surface area contributed by atoms with Crippen LogP contribution in [-0.2, 0) is 20.9 Å². The van der Waals surface area contributed by atoms with E-state index in [4.69, 9.17) is 14.2 Å². The number of benzene rings is 3. The molecule has 3 aromatic carbocycles. The van der Waals surface area contributed by atoms with Gasteiger partial charge in [0.1, 0.15) is 6.61 Å². The van der Waals surface area contributed by atoms with E-state index in [0.29, 0.717) is 46.0 Å². The molecule has 0 saturated heterocycles. The smallest absolute Gasteiger partial charge is 0.363 e. The first-order valence-corrected chi connectivity index (χ1v) is 12.2. The van der Waals surface area contributed by atoms with Crippen molar-refractivity contribution in [1.82, 2.24) is 0 Å². The SMILES string of the molecule is CCOc1cc(/C=C2\N=C(c3ccc(NC(C)=O)cc3)OC2=O)cc(Br)c1OCc1ccc(C)cc1. The van der Waals surface area contributed by atoms with Crippen molar-refractivity contribution in [2.45, 2.75) is 27.4 Å². The Labute approximate surface area is 217 Å². The van der Waals surface area contributed by atoms with Gasteiger partial charge in [0.2, 0.25) is 11.8 Å². The molecule has 36 heavy (non-hydrogen) atoms. The zero-order chi connectivity index (χ0) is 25.7. The number of amides is 1. The van der Waals surface area contributed by atoms with Gasteiger partial charge in [-0.2, -0.15) is 0 Å². The Kier molecular flexibility index (Phi) is 7.85. The van der Waals surface area contributed by atoms with Crippen LogP contribution >= 0.6 is 15.9 Å². The van der Waals surface area contributed by atoms with E-state index < -0.39 is 5.97 Å².